The molecule has 0 aromatic rings. The molecule has 0 aromatic heterocycles. The monoisotopic (exact) mass is 372 g/mol. The van der Waals surface area contributed by atoms with Crippen LogP contribution in [0.2, 0.25) is 0 Å². The molecule has 0 aromatic carbocycles. The van der Waals surface area contributed by atoms with Gasteiger partial charge in [-0.15, -0.1) is 0 Å². The van der Waals surface area contributed by atoms with Crippen molar-refractivity contribution >= 4 is 23.9 Å². The van der Waals surface area contributed by atoms with E-state index in [9.17, 15) is 19.2 Å². The van der Waals surface area contributed by atoms with Gasteiger partial charge in [0.25, 0.3) is 0 Å². The molecule has 0 atom stereocenters. The largest absolute Gasteiger partial charge is 0.481 e. The van der Waals surface area contributed by atoms with Crippen molar-refractivity contribution in [3.8, 4) is 0 Å². The molecule has 8 nitrogen and oxygen atoms in total. The van der Waals surface area contributed by atoms with E-state index in [2.05, 4.69) is 0 Å². The Morgan fingerprint density at radius 1 is 0.652 bits per heavy atom. The van der Waals surface area contributed by atoms with Crippen molar-refractivity contribution in [2.24, 2.45) is 11.8 Å². The minimum absolute atomic E-state index is 0. The molecule has 0 spiro atoms. The predicted molar refractivity (Wildman–Crippen MR) is 80.8 cm³/mol. The van der Waals surface area contributed by atoms with Crippen LogP contribution in [0, 0.1) is 11.8 Å². The molecule has 0 unspecified atom stereocenters. The van der Waals surface area contributed by atoms with Crippen LogP contribution in [-0.4, -0.2) is 44.3 Å². The summed E-state index contributed by atoms with van der Waals surface area (Å²) in [5.41, 5.74) is 0. The van der Waals surface area contributed by atoms with Crippen LogP contribution in [-0.2, 0) is 40.9 Å². The Labute approximate surface area is 151 Å². The Hall–Kier alpha value is -1.41. The van der Waals surface area contributed by atoms with E-state index >= 15 is 0 Å². The molecule has 0 radical (unpaired) electrons. The van der Waals surface area contributed by atoms with Gasteiger partial charge in [0.1, 0.15) is 0 Å². The first-order chi connectivity index (χ1) is 9.83. The first-order valence-electron chi connectivity index (χ1n) is 6.72. The zero-order chi connectivity index (χ0) is 18.9. The molecule has 136 valence electrons. The van der Waals surface area contributed by atoms with Gasteiger partial charge in [0.15, 0.2) is 0 Å². The SMILES string of the molecule is CC(C)C(=O)O.CC(C)C(=O)O.CCC(=O)O.CCC(=O)O.[Ti]. The fraction of sp³-hybridized carbons (Fsp3) is 0.714. The van der Waals surface area contributed by atoms with Gasteiger partial charge in [-0.3, -0.25) is 19.2 Å². The average Bonchev–Trinajstić information content (AvgIpc) is 2.40. The minimum Gasteiger partial charge on any atom is -0.481 e. The third-order valence-corrected chi connectivity index (χ3v) is 1.59. The molecule has 0 saturated heterocycles. The number of carboxylic acid groups (broad SMARTS) is 4. The van der Waals surface area contributed by atoms with Crippen molar-refractivity contribution in [2.75, 3.05) is 0 Å². The number of hydrogen-bond donors (Lipinski definition) is 4. The summed E-state index contributed by atoms with van der Waals surface area (Å²) in [6.45, 7) is 9.76. The smallest absolute Gasteiger partial charge is 0.305 e. The van der Waals surface area contributed by atoms with Crippen LogP contribution in [0.1, 0.15) is 54.4 Å². The van der Waals surface area contributed by atoms with Gasteiger partial charge in [-0.1, -0.05) is 41.5 Å². The predicted octanol–water partition coefficient (Wildman–Crippen LogP) is 2.41. The summed E-state index contributed by atoms with van der Waals surface area (Å²) < 4.78 is 0. The van der Waals surface area contributed by atoms with E-state index < -0.39 is 23.9 Å². The molecule has 0 aliphatic rings. The van der Waals surface area contributed by atoms with E-state index in [1.165, 1.54) is 0 Å². The number of aliphatic carboxylic acids is 4. The molecule has 23 heavy (non-hydrogen) atoms. The molecule has 0 bridgehead atoms. The van der Waals surface area contributed by atoms with E-state index in [4.69, 9.17) is 20.4 Å². The Morgan fingerprint density at radius 3 is 0.739 bits per heavy atom. The third kappa shape index (κ3) is 63.4. The van der Waals surface area contributed by atoms with Gasteiger partial charge in [-0.2, -0.15) is 0 Å². The Balaban J connectivity index is -0.0000000620. The summed E-state index contributed by atoms with van der Waals surface area (Å²) in [6.07, 6.45) is 0.444. The topological polar surface area (TPSA) is 149 Å². The van der Waals surface area contributed by atoms with Crippen LogP contribution in [0.5, 0.6) is 0 Å². The van der Waals surface area contributed by atoms with E-state index in [1.807, 2.05) is 0 Å². The fourth-order valence-electron chi connectivity index (χ4n) is 0. The molecule has 4 N–H and O–H groups in total. The normalized spacial score (nSPS) is 8.00. The number of carbonyl (C=O) groups is 4. The van der Waals surface area contributed by atoms with Gasteiger partial charge in [0, 0.05) is 34.6 Å². The summed E-state index contributed by atoms with van der Waals surface area (Å²) in [4.78, 5) is 38.1. The molecule has 0 aliphatic carbocycles. The van der Waals surface area contributed by atoms with Gasteiger partial charge >= 0.3 is 23.9 Å². The minimum atomic E-state index is -0.745. The average molecular weight is 372 g/mol. The molecule has 0 amide bonds. The Kier molecular flexibility index (Phi) is 33.1. The molecule has 0 rings (SSSR count). The number of rotatable bonds is 4. The van der Waals surface area contributed by atoms with Crippen LogP contribution in [0.25, 0.3) is 0 Å². The molecular formula is C14H28O8Ti. The van der Waals surface area contributed by atoms with E-state index in [-0.39, 0.29) is 46.4 Å². The van der Waals surface area contributed by atoms with Crippen molar-refractivity contribution in [2.45, 2.75) is 54.4 Å². The maximum atomic E-state index is 9.70. The van der Waals surface area contributed by atoms with Gasteiger partial charge in [0.05, 0.1) is 11.8 Å². The van der Waals surface area contributed by atoms with Gasteiger partial charge in [-0.05, 0) is 0 Å². The second-order valence-electron chi connectivity index (χ2n) is 4.48. The van der Waals surface area contributed by atoms with E-state index in [0.717, 1.165) is 0 Å². The van der Waals surface area contributed by atoms with Gasteiger partial charge in [-0.25, -0.2) is 0 Å². The maximum Gasteiger partial charge on any atom is 0.305 e. The van der Waals surface area contributed by atoms with Crippen molar-refractivity contribution in [1.29, 1.82) is 0 Å². The molecule has 0 heterocycles. The molecule has 0 aliphatic heterocycles. The third-order valence-electron chi connectivity index (χ3n) is 1.59. The van der Waals surface area contributed by atoms with Crippen molar-refractivity contribution in [1.82, 2.24) is 0 Å². The van der Waals surface area contributed by atoms with Crippen LogP contribution in [0.4, 0.5) is 0 Å². The van der Waals surface area contributed by atoms with Crippen molar-refractivity contribution < 1.29 is 61.3 Å². The number of hydrogen-bond acceptors (Lipinski definition) is 4. The first kappa shape index (κ1) is 33.3. The second-order valence-corrected chi connectivity index (χ2v) is 4.48. The van der Waals surface area contributed by atoms with Crippen LogP contribution >= 0.6 is 0 Å². The summed E-state index contributed by atoms with van der Waals surface area (Å²) in [7, 11) is 0. The van der Waals surface area contributed by atoms with E-state index in [1.54, 1.807) is 41.5 Å². The van der Waals surface area contributed by atoms with Crippen LogP contribution in [0.15, 0.2) is 0 Å². The van der Waals surface area contributed by atoms with Crippen LogP contribution in [0.3, 0.4) is 0 Å². The van der Waals surface area contributed by atoms with Gasteiger partial charge < -0.3 is 20.4 Å². The zero-order valence-corrected chi connectivity index (χ0v) is 16.1. The molecular weight excluding hydrogens is 344 g/mol. The summed E-state index contributed by atoms with van der Waals surface area (Å²) in [6, 6.07) is 0. The standard InChI is InChI=1S/2C4H8O2.2C3H6O2.Ti/c2*1-3(2)4(5)6;2*1-2-3(4)5;/h2*3H,1-2H3,(H,5,6);2*2H2,1H3,(H,4,5);. The zero-order valence-electron chi connectivity index (χ0n) is 14.5. The second kappa shape index (κ2) is 22.9. The quantitative estimate of drug-likeness (QED) is 0.550. The summed E-state index contributed by atoms with van der Waals surface area (Å²) >= 11 is 0. The molecule has 0 fully saturated rings. The van der Waals surface area contributed by atoms with Crippen molar-refractivity contribution in [3.05, 3.63) is 0 Å². The fourth-order valence-corrected chi connectivity index (χ4v) is 0. The van der Waals surface area contributed by atoms with Crippen molar-refractivity contribution in [3.63, 3.8) is 0 Å². The van der Waals surface area contributed by atoms with E-state index in [0.29, 0.717) is 0 Å². The Morgan fingerprint density at radius 2 is 0.739 bits per heavy atom. The first-order valence-corrected chi connectivity index (χ1v) is 6.72. The summed E-state index contributed by atoms with van der Waals surface area (Å²) in [5.74, 6) is -3.44. The van der Waals surface area contributed by atoms with Crippen LogP contribution < -0.4 is 0 Å². The van der Waals surface area contributed by atoms with Gasteiger partial charge in [0.2, 0.25) is 0 Å². The molecule has 9 heteroatoms. The Bertz CT molecular complexity index is 295. The molecule has 0 saturated carbocycles. The summed E-state index contributed by atoms with van der Waals surface area (Å²) in [5, 5.41) is 31.4. The number of carboxylic acids is 4. The maximum absolute atomic E-state index is 9.70.